The summed E-state index contributed by atoms with van der Waals surface area (Å²) in [5.41, 5.74) is 0.239. The maximum absolute atomic E-state index is 14.5. The van der Waals surface area contributed by atoms with E-state index >= 15 is 0 Å². The topological polar surface area (TPSA) is 372 Å². The summed E-state index contributed by atoms with van der Waals surface area (Å²) in [7, 11) is 0. The Bertz CT molecular complexity index is 2420. The van der Waals surface area contributed by atoms with Gasteiger partial charge in [0, 0.05) is 45.1 Å². The van der Waals surface area contributed by atoms with Gasteiger partial charge in [-0.05, 0) is 68.3 Å². The third-order valence-corrected chi connectivity index (χ3v) is 14.8. The van der Waals surface area contributed by atoms with E-state index in [0.29, 0.717) is 24.8 Å². The summed E-state index contributed by atoms with van der Waals surface area (Å²) >= 11 is 0. The van der Waals surface area contributed by atoms with E-state index in [1.165, 1.54) is 13.0 Å². The number of benzene rings is 1. The van der Waals surface area contributed by atoms with Crippen molar-refractivity contribution in [3.63, 3.8) is 0 Å². The monoisotopic (exact) mass is 1180 g/mol. The lowest BCUT2D eigenvalue weighted by molar-refractivity contribution is -0.138. The van der Waals surface area contributed by atoms with Crippen LogP contribution in [-0.4, -0.2) is 172 Å². The average molecular weight is 1180 g/mol. The molecule has 470 valence electrons. The van der Waals surface area contributed by atoms with Gasteiger partial charge in [0.2, 0.25) is 59.1 Å². The molecule has 13 N–H and O–H groups in total. The van der Waals surface area contributed by atoms with Gasteiger partial charge in [0.15, 0.2) is 0 Å². The van der Waals surface area contributed by atoms with Gasteiger partial charge >= 0.3 is 0 Å². The lowest BCUT2D eigenvalue weighted by atomic mass is 9.95. The number of amides is 11. The normalized spacial score (nSPS) is 26.8. The van der Waals surface area contributed by atoms with E-state index in [1.54, 1.807) is 51.1 Å². The smallest absolute Gasteiger partial charge is 0.270 e. The Kier molecular flexibility index (Phi) is 30.5. The summed E-state index contributed by atoms with van der Waals surface area (Å²) in [6.07, 6.45) is 1.68. The first-order valence-electron chi connectivity index (χ1n) is 29.7. The highest BCUT2D eigenvalue weighted by Crippen LogP contribution is 2.22. The van der Waals surface area contributed by atoms with Gasteiger partial charge in [-0.1, -0.05) is 124 Å². The average Bonchev–Trinajstić information content (AvgIpc) is 4.05. The van der Waals surface area contributed by atoms with Crippen LogP contribution in [0.4, 0.5) is 0 Å². The lowest BCUT2D eigenvalue weighted by Crippen LogP contribution is -2.62. The van der Waals surface area contributed by atoms with Gasteiger partial charge in [0.1, 0.15) is 54.0 Å². The second-order valence-corrected chi connectivity index (χ2v) is 23.2. The largest absolute Gasteiger partial charge is 0.396 e. The van der Waals surface area contributed by atoms with Crippen LogP contribution in [0.25, 0.3) is 0 Å². The molecule has 2 aliphatic rings. The van der Waals surface area contributed by atoms with Crippen molar-refractivity contribution in [2.45, 2.75) is 207 Å². The number of nitrogens with zero attached hydrogens (tertiary/aromatic N) is 1. The zero-order valence-corrected chi connectivity index (χ0v) is 50.6. The minimum absolute atomic E-state index is 0.0679. The molecule has 11 amide bonds. The first kappa shape index (κ1) is 71.3. The van der Waals surface area contributed by atoms with Crippen molar-refractivity contribution in [1.29, 1.82) is 0 Å². The molecule has 11 atom stereocenters. The zero-order valence-electron chi connectivity index (χ0n) is 50.6. The van der Waals surface area contributed by atoms with Crippen molar-refractivity contribution in [1.82, 2.24) is 58.1 Å². The molecule has 0 saturated carbocycles. The Morgan fingerprint density at radius 3 is 1.69 bits per heavy atom. The Morgan fingerprint density at radius 2 is 1.12 bits per heavy atom. The van der Waals surface area contributed by atoms with Gasteiger partial charge in [-0.2, -0.15) is 0 Å². The highest BCUT2D eigenvalue weighted by molar-refractivity contribution is 6.02. The number of hydrogen-bond donors (Lipinski definition) is 13. The quantitative estimate of drug-likeness (QED) is 0.0707. The molecule has 0 spiro atoms. The van der Waals surface area contributed by atoms with Gasteiger partial charge in [0.25, 0.3) is 5.91 Å². The summed E-state index contributed by atoms with van der Waals surface area (Å²) < 4.78 is 0. The molecule has 1 aromatic rings. The van der Waals surface area contributed by atoms with E-state index in [1.807, 2.05) is 41.5 Å². The van der Waals surface area contributed by atoms with E-state index in [-0.39, 0.29) is 69.0 Å². The molecule has 0 bridgehead atoms. The van der Waals surface area contributed by atoms with Crippen LogP contribution in [0, 0.1) is 23.7 Å². The number of carbonyl (C=O) groups is 11. The van der Waals surface area contributed by atoms with Crippen molar-refractivity contribution >= 4 is 65.0 Å². The fraction of sp³-hybridized carbons (Fsp3) is 0.678. The Hall–Kier alpha value is -6.99. The molecule has 0 radical (unpaired) electrons. The third kappa shape index (κ3) is 23.2. The van der Waals surface area contributed by atoms with Crippen LogP contribution in [-0.2, 0) is 59.2 Å². The van der Waals surface area contributed by atoms with E-state index < -0.39 is 157 Å². The fourth-order valence-electron chi connectivity index (χ4n) is 9.89. The number of allylic oxidation sites excluding steroid dienone is 1. The number of fused-ring (bicyclic) bond motifs is 1. The number of nitrogens with one attached hydrogen (secondary N) is 10. The van der Waals surface area contributed by atoms with E-state index in [2.05, 4.69) is 53.2 Å². The van der Waals surface area contributed by atoms with Crippen LogP contribution < -0.4 is 53.2 Å². The molecule has 25 heteroatoms. The van der Waals surface area contributed by atoms with Crippen molar-refractivity contribution in [3.8, 4) is 0 Å². The molecule has 2 heterocycles. The molecule has 0 aromatic heterocycles. The van der Waals surface area contributed by atoms with Gasteiger partial charge in [-0.15, -0.1) is 0 Å². The second kappa shape index (κ2) is 36.0. The SMILES string of the molecule is CC=C1NC(=O)C(CCO)NC(=O)CC(CCCCC)NC(=O)CNC(=O)C(CC(C)C)NC(=O)C(C(C)CC)NC(=O)C(C(C)C)NC(=O)C(CC(C)C)NC(=O)C(Cc2ccccc2)NC(=O)C(CCO)NC(=O)C2CC(O)CN2C1=O. The van der Waals surface area contributed by atoms with Crippen molar-refractivity contribution in [3.05, 3.63) is 47.7 Å². The maximum atomic E-state index is 14.5. The van der Waals surface area contributed by atoms with Crippen LogP contribution in [0.15, 0.2) is 42.1 Å². The van der Waals surface area contributed by atoms with E-state index in [0.717, 1.165) is 17.7 Å². The molecule has 2 fully saturated rings. The highest BCUT2D eigenvalue weighted by atomic mass is 16.3. The van der Waals surface area contributed by atoms with Gasteiger partial charge in [0.05, 0.1) is 12.6 Å². The first-order valence-corrected chi connectivity index (χ1v) is 29.7. The van der Waals surface area contributed by atoms with Crippen LogP contribution in [0.5, 0.6) is 0 Å². The van der Waals surface area contributed by atoms with E-state index in [9.17, 15) is 68.1 Å². The van der Waals surface area contributed by atoms with Crippen LogP contribution in [0.1, 0.15) is 145 Å². The highest BCUT2D eigenvalue weighted by Gasteiger charge is 2.42. The molecule has 1 aromatic carbocycles. The summed E-state index contributed by atoms with van der Waals surface area (Å²) in [6, 6.07) is -2.86. The number of aliphatic hydroxyl groups is 3. The molecule has 2 aliphatic heterocycles. The number of hydrogen-bond acceptors (Lipinski definition) is 14. The molecule has 0 aliphatic carbocycles. The molecular weight excluding hydrogens is 1090 g/mol. The number of carbonyl (C=O) groups excluding carboxylic acids is 11. The Labute approximate surface area is 493 Å². The minimum atomic E-state index is -1.52. The zero-order chi connectivity index (χ0) is 62.8. The van der Waals surface area contributed by atoms with Crippen molar-refractivity contribution in [2.75, 3.05) is 26.3 Å². The summed E-state index contributed by atoms with van der Waals surface area (Å²) in [6.45, 7) is 15.5. The first-order chi connectivity index (χ1) is 39.8. The van der Waals surface area contributed by atoms with Gasteiger partial charge in [-0.3, -0.25) is 52.7 Å². The summed E-state index contributed by atoms with van der Waals surface area (Å²) in [4.78, 5) is 156. The number of rotatable bonds is 17. The molecular formula is C59H95N11O14. The maximum Gasteiger partial charge on any atom is 0.270 e. The number of aliphatic hydroxyl groups excluding tert-OH is 3. The molecule has 25 nitrogen and oxygen atoms in total. The molecule has 11 unspecified atom stereocenters. The van der Waals surface area contributed by atoms with Gasteiger partial charge in [-0.25, -0.2) is 0 Å². The Morgan fingerprint density at radius 1 is 0.583 bits per heavy atom. The van der Waals surface area contributed by atoms with Crippen LogP contribution in [0.3, 0.4) is 0 Å². The second-order valence-electron chi connectivity index (χ2n) is 23.2. The minimum Gasteiger partial charge on any atom is -0.396 e. The fourth-order valence-corrected chi connectivity index (χ4v) is 9.89. The Balaban J connectivity index is 2.16. The van der Waals surface area contributed by atoms with Gasteiger partial charge < -0.3 is 73.4 Å². The van der Waals surface area contributed by atoms with Crippen LogP contribution in [0.2, 0.25) is 0 Å². The standard InChI is InChI=1S/C59H95N11O14/c1-11-14-16-21-38-29-47(74)62-41(22-24-71)52(77)63-40(13-3)59(84)70-32-39(73)30-46(70)56(81)64-42(23-25-72)53(78)66-45(28-37-19-17-15-18-20-37)54(79)65-44(27-34(6)7)55(80)68-49(35(8)9)57(82)69-50(36(10)12-2)58(83)67-43(26-33(4)5)51(76)60-31-48(75)61-38/h13,15,17-20,33-36,38-39,41-46,49-50,71-73H,11-12,14,16,21-32H2,1-10H3,(H,60,76)(H,61,75)(H,62,74)(H,63,77)(H,64,81)(H,65,79)(H,66,78)(H,67,83)(H,68,80)(H,69,82). The van der Waals surface area contributed by atoms with E-state index in [4.69, 9.17) is 0 Å². The molecule has 3 rings (SSSR count). The van der Waals surface area contributed by atoms with Crippen molar-refractivity contribution < 1.29 is 68.1 Å². The summed E-state index contributed by atoms with van der Waals surface area (Å²) in [5.74, 6) is -10.1. The predicted molar refractivity (Wildman–Crippen MR) is 312 cm³/mol. The lowest BCUT2D eigenvalue weighted by Gasteiger charge is -2.31. The molecule has 2 saturated heterocycles. The van der Waals surface area contributed by atoms with Crippen molar-refractivity contribution in [2.24, 2.45) is 23.7 Å². The number of unbranched alkanes of at least 4 members (excludes halogenated alkanes) is 2. The summed E-state index contributed by atoms with van der Waals surface area (Å²) in [5, 5.41) is 57.7. The van der Waals surface area contributed by atoms with Crippen LogP contribution >= 0.6 is 0 Å². The third-order valence-electron chi connectivity index (χ3n) is 14.8. The predicted octanol–water partition coefficient (Wildman–Crippen LogP) is -0.251. The molecule has 84 heavy (non-hydrogen) atoms.